The van der Waals surface area contributed by atoms with E-state index in [0.717, 1.165) is 0 Å². The molecule has 0 aliphatic carbocycles. The summed E-state index contributed by atoms with van der Waals surface area (Å²) in [6.07, 6.45) is -0.161. The largest absolute Gasteiger partial charge is 0.489 e. The molecular formula is C20H26FN3O4. The number of furan rings is 1. The second kappa shape index (κ2) is 10.3. The van der Waals surface area contributed by atoms with E-state index in [1.54, 1.807) is 25.1 Å². The molecule has 0 aliphatic heterocycles. The number of aliphatic imine (C=N–C) groups is 1. The van der Waals surface area contributed by atoms with E-state index in [0.29, 0.717) is 41.9 Å². The molecule has 0 bridgehead atoms. The van der Waals surface area contributed by atoms with E-state index < -0.39 is 5.97 Å². The zero-order chi connectivity index (χ0) is 20.5. The molecule has 1 atom stereocenters. The quantitative estimate of drug-likeness (QED) is 0.409. The monoisotopic (exact) mass is 391 g/mol. The highest BCUT2D eigenvalue weighted by Gasteiger charge is 2.15. The molecule has 8 heteroatoms. The van der Waals surface area contributed by atoms with E-state index in [9.17, 15) is 9.18 Å². The first-order valence-corrected chi connectivity index (χ1v) is 9.05. The Morgan fingerprint density at radius 1 is 1.29 bits per heavy atom. The van der Waals surface area contributed by atoms with Crippen molar-refractivity contribution in [1.82, 2.24) is 10.6 Å². The molecule has 0 saturated heterocycles. The fourth-order valence-electron chi connectivity index (χ4n) is 2.46. The Hall–Kier alpha value is -3.03. The van der Waals surface area contributed by atoms with Crippen LogP contribution < -0.4 is 15.4 Å². The predicted octanol–water partition coefficient (Wildman–Crippen LogP) is 3.04. The number of benzene rings is 1. The van der Waals surface area contributed by atoms with Gasteiger partial charge in [-0.15, -0.1) is 0 Å². The lowest BCUT2D eigenvalue weighted by molar-refractivity contribution is 0.0599. The fraction of sp³-hybridized carbons (Fsp3) is 0.400. The standard InChI is InChI=1S/C20H26FN3O4/c1-5-22-20(23-11-13(2)27-16-8-6-15(21)7-9-16)24-12-17-10-18(14(3)28-17)19(25)26-4/h6-10,13H,5,11-12H2,1-4H3,(H2,22,23,24). The molecule has 2 aromatic rings. The fourth-order valence-corrected chi connectivity index (χ4v) is 2.46. The summed E-state index contributed by atoms with van der Waals surface area (Å²) < 4.78 is 29.0. The molecule has 1 unspecified atom stereocenters. The smallest absolute Gasteiger partial charge is 0.341 e. The zero-order valence-electron chi connectivity index (χ0n) is 16.5. The van der Waals surface area contributed by atoms with Gasteiger partial charge in [-0.25, -0.2) is 14.2 Å². The maximum Gasteiger partial charge on any atom is 0.341 e. The number of aryl methyl sites for hydroxylation is 1. The summed E-state index contributed by atoms with van der Waals surface area (Å²) in [7, 11) is 1.33. The number of hydrogen-bond acceptors (Lipinski definition) is 5. The third-order valence-electron chi connectivity index (χ3n) is 3.82. The molecule has 28 heavy (non-hydrogen) atoms. The van der Waals surface area contributed by atoms with Crippen molar-refractivity contribution < 1.29 is 23.1 Å². The lowest BCUT2D eigenvalue weighted by atomic mass is 10.2. The van der Waals surface area contributed by atoms with Crippen LogP contribution in [0.3, 0.4) is 0 Å². The number of hydrogen-bond donors (Lipinski definition) is 2. The van der Waals surface area contributed by atoms with Gasteiger partial charge in [0.2, 0.25) is 0 Å². The van der Waals surface area contributed by atoms with Crippen molar-refractivity contribution in [3.8, 4) is 5.75 Å². The van der Waals surface area contributed by atoms with Crippen LogP contribution in [0.25, 0.3) is 0 Å². The number of nitrogens with one attached hydrogen (secondary N) is 2. The Labute approximate surface area is 163 Å². The van der Waals surface area contributed by atoms with Crippen molar-refractivity contribution in [3.05, 3.63) is 53.2 Å². The average molecular weight is 391 g/mol. The van der Waals surface area contributed by atoms with Gasteiger partial charge in [-0.05, 0) is 51.1 Å². The normalized spacial score (nSPS) is 12.4. The van der Waals surface area contributed by atoms with E-state index in [1.165, 1.54) is 19.2 Å². The Morgan fingerprint density at radius 2 is 2.00 bits per heavy atom. The number of rotatable bonds is 8. The van der Waals surface area contributed by atoms with Gasteiger partial charge in [0.25, 0.3) is 0 Å². The second-order valence-electron chi connectivity index (χ2n) is 6.13. The van der Waals surface area contributed by atoms with E-state index in [1.807, 2.05) is 13.8 Å². The van der Waals surface area contributed by atoms with Gasteiger partial charge in [-0.1, -0.05) is 0 Å². The molecule has 1 aromatic carbocycles. The SMILES string of the molecule is CCNC(=NCc1cc(C(=O)OC)c(C)o1)NCC(C)Oc1ccc(F)cc1. The Bertz CT molecular complexity index is 802. The van der Waals surface area contributed by atoms with Crippen molar-refractivity contribution in [2.45, 2.75) is 33.4 Å². The molecule has 0 saturated carbocycles. The van der Waals surface area contributed by atoms with Gasteiger partial charge in [0.15, 0.2) is 5.96 Å². The summed E-state index contributed by atoms with van der Waals surface area (Å²) in [6.45, 7) is 7.01. The zero-order valence-corrected chi connectivity index (χ0v) is 16.5. The summed E-state index contributed by atoms with van der Waals surface area (Å²) in [5, 5.41) is 6.32. The summed E-state index contributed by atoms with van der Waals surface area (Å²) in [6, 6.07) is 7.52. The maximum absolute atomic E-state index is 13.0. The summed E-state index contributed by atoms with van der Waals surface area (Å²) in [5.74, 6) is 1.50. The minimum Gasteiger partial charge on any atom is -0.489 e. The molecule has 0 radical (unpaired) electrons. The van der Waals surface area contributed by atoms with Crippen LogP contribution in [0.4, 0.5) is 4.39 Å². The number of esters is 1. The van der Waals surface area contributed by atoms with Crippen molar-refractivity contribution >= 4 is 11.9 Å². The molecule has 1 heterocycles. The number of halogens is 1. The van der Waals surface area contributed by atoms with Crippen LogP contribution in [0.15, 0.2) is 39.7 Å². The number of methoxy groups -OCH3 is 1. The maximum atomic E-state index is 13.0. The van der Waals surface area contributed by atoms with Gasteiger partial charge in [0, 0.05) is 6.54 Å². The van der Waals surface area contributed by atoms with Gasteiger partial charge >= 0.3 is 5.97 Å². The minimum absolute atomic E-state index is 0.161. The molecule has 0 aliphatic rings. The van der Waals surface area contributed by atoms with Crippen LogP contribution in [0.2, 0.25) is 0 Å². The average Bonchev–Trinajstić information content (AvgIpc) is 3.06. The Morgan fingerprint density at radius 3 is 2.64 bits per heavy atom. The van der Waals surface area contributed by atoms with Crippen LogP contribution in [0.1, 0.15) is 35.7 Å². The number of nitrogens with zero attached hydrogens (tertiary/aromatic N) is 1. The highest BCUT2D eigenvalue weighted by molar-refractivity contribution is 5.90. The van der Waals surface area contributed by atoms with Crippen molar-refractivity contribution in [3.63, 3.8) is 0 Å². The Kier molecular flexibility index (Phi) is 7.86. The minimum atomic E-state index is -0.437. The van der Waals surface area contributed by atoms with Gasteiger partial charge in [-0.3, -0.25) is 0 Å². The molecule has 0 amide bonds. The molecular weight excluding hydrogens is 365 g/mol. The number of ether oxygens (including phenoxy) is 2. The van der Waals surface area contributed by atoms with Crippen molar-refractivity contribution in [2.75, 3.05) is 20.2 Å². The van der Waals surface area contributed by atoms with Crippen LogP contribution in [0.5, 0.6) is 5.75 Å². The van der Waals surface area contributed by atoms with E-state index in [-0.39, 0.29) is 18.5 Å². The lowest BCUT2D eigenvalue weighted by Gasteiger charge is -2.17. The third-order valence-corrected chi connectivity index (χ3v) is 3.82. The van der Waals surface area contributed by atoms with E-state index >= 15 is 0 Å². The van der Waals surface area contributed by atoms with E-state index in [2.05, 4.69) is 15.6 Å². The van der Waals surface area contributed by atoms with Gasteiger partial charge < -0.3 is 24.5 Å². The first-order valence-electron chi connectivity index (χ1n) is 9.05. The molecule has 152 valence electrons. The van der Waals surface area contributed by atoms with Crippen LogP contribution >= 0.6 is 0 Å². The van der Waals surface area contributed by atoms with Crippen LogP contribution in [0, 0.1) is 12.7 Å². The number of carbonyl (C=O) groups is 1. The van der Waals surface area contributed by atoms with Gasteiger partial charge in [0.05, 0.1) is 13.7 Å². The lowest BCUT2D eigenvalue weighted by Crippen LogP contribution is -2.41. The van der Waals surface area contributed by atoms with Gasteiger partial charge in [-0.2, -0.15) is 0 Å². The molecule has 0 fully saturated rings. The molecule has 2 N–H and O–H groups in total. The molecule has 1 aromatic heterocycles. The second-order valence-corrected chi connectivity index (χ2v) is 6.13. The van der Waals surface area contributed by atoms with Crippen molar-refractivity contribution in [2.24, 2.45) is 4.99 Å². The van der Waals surface area contributed by atoms with Crippen LogP contribution in [-0.4, -0.2) is 38.2 Å². The highest BCUT2D eigenvalue weighted by atomic mass is 19.1. The number of carbonyl (C=O) groups excluding carboxylic acids is 1. The summed E-state index contributed by atoms with van der Waals surface area (Å²) >= 11 is 0. The molecule has 0 spiro atoms. The van der Waals surface area contributed by atoms with E-state index in [4.69, 9.17) is 13.9 Å². The first-order chi connectivity index (χ1) is 13.4. The summed E-state index contributed by atoms with van der Waals surface area (Å²) in [5.41, 5.74) is 0.395. The predicted molar refractivity (Wildman–Crippen MR) is 104 cm³/mol. The topological polar surface area (TPSA) is 85.1 Å². The molecule has 7 nitrogen and oxygen atoms in total. The van der Waals surface area contributed by atoms with Crippen molar-refractivity contribution in [1.29, 1.82) is 0 Å². The highest BCUT2D eigenvalue weighted by Crippen LogP contribution is 2.16. The Balaban J connectivity index is 1.92. The van der Waals surface area contributed by atoms with Gasteiger partial charge in [0.1, 0.15) is 41.3 Å². The molecule has 2 rings (SSSR count). The first kappa shape index (κ1) is 21.3. The summed E-state index contributed by atoms with van der Waals surface area (Å²) in [4.78, 5) is 16.1. The number of guanidine groups is 1. The van der Waals surface area contributed by atoms with Crippen LogP contribution in [-0.2, 0) is 11.3 Å². The third kappa shape index (κ3) is 6.29.